The van der Waals surface area contributed by atoms with Crippen LogP contribution in [0.2, 0.25) is 0 Å². The zero-order chi connectivity index (χ0) is 14.8. The van der Waals surface area contributed by atoms with Crippen LogP contribution in [-0.2, 0) is 5.75 Å². The highest BCUT2D eigenvalue weighted by atomic mass is 35.5. The maximum atomic E-state index is 11.7. The number of aromatic nitrogens is 4. The average molecular weight is 346 g/mol. The molecule has 1 aliphatic heterocycles. The quantitative estimate of drug-likeness (QED) is 0.704. The normalized spacial score (nSPS) is 17.4. The summed E-state index contributed by atoms with van der Waals surface area (Å²) in [5.41, 5.74) is 0.159. The van der Waals surface area contributed by atoms with Gasteiger partial charge in [-0.2, -0.15) is 0 Å². The number of hydrogen-bond acceptors (Lipinski definition) is 7. The van der Waals surface area contributed by atoms with Gasteiger partial charge in [0.1, 0.15) is 0 Å². The van der Waals surface area contributed by atoms with E-state index in [1.54, 1.807) is 6.92 Å². The molecule has 0 aromatic carbocycles. The first-order valence-corrected chi connectivity index (χ1v) is 7.63. The van der Waals surface area contributed by atoms with Crippen molar-refractivity contribution in [1.82, 2.24) is 25.5 Å². The predicted octanol–water partition coefficient (Wildman–Crippen LogP) is 0.893. The molecule has 8 nitrogen and oxygen atoms in total. The molecule has 0 spiro atoms. The minimum atomic E-state index is -0.501. The van der Waals surface area contributed by atoms with Crippen LogP contribution in [0.4, 0.5) is 0 Å². The van der Waals surface area contributed by atoms with Crippen LogP contribution in [0.3, 0.4) is 0 Å². The van der Waals surface area contributed by atoms with Crippen LogP contribution < -0.4 is 16.6 Å². The molecule has 0 amide bonds. The van der Waals surface area contributed by atoms with Crippen molar-refractivity contribution in [1.29, 1.82) is 0 Å². The molecular weight excluding hydrogens is 330 g/mol. The number of nitrogens with one attached hydrogen (secondary N) is 3. The fourth-order valence-corrected chi connectivity index (χ4v) is 3.11. The van der Waals surface area contributed by atoms with Crippen LogP contribution in [0.25, 0.3) is 0 Å². The third-order valence-electron chi connectivity index (χ3n) is 3.38. The van der Waals surface area contributed by atoms with Gasteiger partial charge in [-0.15, -0.1) is 22.6 Å². The van der Waals surface area contributed by atoms with E-state index in [-0.39, 0.29) is 24.0 Å². The molecule has 0 radical (unpaired) electrons. The Morgan fingerprint density at radius 2 is 2.14 bits per heavy atom. The molecule has 1 fully saturated rings. The standard InChI is InChI=1S/C12H15N5O3S.ClH/c1-6-7(9(18)15-11(19)14-6)5-21-12-17-16-10(20-12)8-3-2-4-13-8;/h8,13H,2-5H2,1H3,(H2,14,15,18,19);1H. The lowest BCUT2D eigenvalue weighted by Crippen LogP contribution is -2.26. The molecule has 1 atom stereocenters. The molecular formula is C12H16ClN5O3S. The van der Waals surface area contributed by atoms with E-state index < -0.39 is 5.69 Å². The van der Waals surface area contributed by atoms with Crippen molar-refractivity contribution >= 4 is 24.2 Å². The number of rotatable bonds is 4. The lowest BCUT2D eigenvalue weighted by atomic mass is 10.2. The second kappa shape index (κ2) is 7.12. The van der Waals surface area contributed by atoms with Gasteiger partial charge in [-0.05, 0) is 26.3 Å². The van der Waals surface area contributed by atoms with Crippen LogP contribution in [0, 0.1) is 6.92 Å². The third-order valence-corrected chi connectivity index (χ3v) is 4.22. The molecule has 10 heteroatoms. The molecule has 2 aromatic heterocycles. The number of halogens is 1. The van der Waals surface area contributed by atoms with Crippen molar-refractivity contribution in [2.24, 2.45) is 0 Å². The van der Waals surface area contributed by atoms with Crippen LogP contribution in [0.15, 0.2) is 19.2 Å². The van der Waals surface area contributed by atoms with E-state index in [2.05, 4.69) is 25.5 Å². The second-order valence-corrected chi connectivity index (χ2v) is 5.78. The largest absolute Gasteiger partial charge is 0.414 e. The molecule has 3 N–H and O–H groups in total. The van der Waals surface area contributed by atoms with E-state index in [9.17, 15) is 9.59 Å². The van der Waals surface area contributed by atoms with Crippen LogP contribution >= 0.6 is 24.2 Å². The summed E-state index contributed by atoms with van der Waals surface area (Å²) in [7, 11) is 0. The number of aryl methyl sites for hydroxylation is 1. The fourth-order valence-electron chi connectivity index (χ4n) is 2.25. The van der Waals surface area contributed by atoms with E-state index in [1.165, 1.54) is 11.8 Å². The van der Waals surface area contributed by atoms with E-state index in [0.29, 0.717) is 28.1 Å². The highest BCUT2D eigenvalue weighted by molar-refractivity contribution is 7.98. The van der Waals surface area contributed by atoms with Gasteiger partial charge >= 0.3 is 5.69 Å². The number of aromatic amines is 2. The van der Waals surface area contributed by atoms with Gasteiger partial charge in [0.25, 0.3) is 10.8 Å². The lowest BCUT2D eigenvalue weighted by Gasteiger charge is -2.03. The first kappa shape index (κ1) is 16.8. The van der Waals surface area contributed by atoms with Gasteiger partial charge in [0, 0.05) is 17.0 Å². The maximum Gasteiger partial charge on any atom is 0.325 e. The summed E-state index contributed by atoms with van der Waals surface area (Å²) < 4.78 is 5.59. The maximum absolute atomic E-state index is 11.7. The molecule has 3 heterocycles. The van der Waals surface area contributed by atoms with Crippen molar-refractivity contribution in [2.75, 3.05) is 6.54 Å². The molecule has 2 aromatic rings. The van der Waals surface area contributed by atoms with E-state index in [4.69, 9.17) is 4.42 Å². The Balaban J connectivity index is 0.00000176. The molecule has 0 aliphatic carbocycles. The van der Waals surface area contributed by atoms with Gasteiger partial charge in [-0.25, -0.2) is 4.79 Å². The first-order chi connectivity index (χ1) is 10.1. The Labute approximate surface area is 135 Å². The highest BCUT2D eigenvalue weighted by Crippen LogP contribution is 2.26. The van der Waals surface area contributed by atoms with Crippen molar-refractivity contribution in [2.45, 2.75) is 36.8 Å². The van der Waals surface area contributed by atoms with Crippen LogP contribution in [-0.4, -0.2) is 26.7 Å². The van der Waals surface area contributed by atoms with Crippen LogP contribution in [0.5, 0.6) is 0 Å². The summed E-state index contributed by atoms with van der Waals surface area (Å²) >= 11 is 1.28. The Kier molecular flexibility index (Phi) is 5.43. The Hall–Kier alpha value is -1.58. The summed E-state index contributed by atoms with van der Waals surface area (Å²) in [5.74, 6) is 0.944. The fraction of sp³-hybridized carbons (Fsp3) is 0.500. The van der Waals surface area contributed by atoms with E-state index >= 15 is 0 Å². The number of hydrogen-bond donors (Lipinski definition) is 3. The molecule has 1 aliphatic rings. The Morgan fingerprint density at radius 3 is 2.82 bits per heavy atom. The van der Waals surface area contributed by atoms with E-state index in [0.717, 1.165) is 19.4 Å². The Bertz CT molecular complexity index is 750. The summed E-state index contributed by atoms with van der Waals surface area (Å²) in [6, 6.07) is 0.130. The van der Waals surface area contributed by atoms with Gasteiger partial charge in [0.2, 0.25) is 5.89 Å². The van der Waals surface area contributed by atoms with Gasteiger partial charge in [0.05, 0.1) is 6.04 Å². The number of nitrogens with zero attached hydrogens (tertiary/aromatic N) is 2. The van der Waals surface area contributed by atoms with Crippen molar-refractivity contribution in [3.05, 3.63) is 38.0 Å². The predicted molar refractivity (Wildman–Crippen MR) is 83.5 cm³/mol. The van der Waals surface area contributed by atoms with Crippen molar-refractivity contribution in [3.8, 4) is 0 Å². The van der Waals surface area contributed by atoms with E-state index in [1.807, 2.05) is 0 Å². The third kappa shape index (κ3) is 3.60. The lowest BCUT2D eigenvalue weighted by molar-refractivity contribution is 0.374. The first-order valence-electron chi connectivity index (χ1n) is 6.65. The van der Waals surface area contributed by atoms with Crippen molar-refractivity contribution in [3.63, 3.8) is 0 Å². The zero-order valence-electron chi connectivity index (χ0n) is 11.8. The monoisotopic (exact) mass is 345 g/mol. The summed E-state index contributed by atoms with van der Waals surface area (Å²) in [5, 5.41) is 11.7. The smallest absolute Gasteiger partial charge is 0.325 e. The topological polar surface area (TPSA) is 117 Å². The zero-order valence-corrected chi connectivity index (χ0v) is 13.5. The molecule has 120 valence electrons. The highest BCUT2D eigenvalue weighted by Gasteiger charge is 2.22. The molecule has 0 bridgehead atoms. The van der Waals surface area contributed by atoms with Gasteiger partial charge in [0.15, 0.2) is 0 Å². The second-order valence-electron chi connectivity index (χ2n) is 4.86. The average Bonchev–Trinajstić information content (AvgIpc) is 3.08. The van der Waals surface area contributed by atoms with Gasteiger partial charge in [-0.3, -0.25) is 9.78 Å². The summed E-state index contributed by atoms with van der Waals surface area (Å²) in [6.07, 6.45) is 2.09. The molecule has 0 saturated carbocycles. The summed E-state index contributed by atoms with van der Waals surface area (Å²) in [4.78, 5) is 27.6. The minimum Gasteiger partial charge on any atom is -0.414 e. The number of H-pyrrole nitrogens is 2. The minimum absolute atomic E-state index is 0. The molecule has 1 saturated heterocycles. The summed E-state index contributed by atoms with van der Waals surface area (Å²) in [6.45, 7) is 2.65. The van der Waals surface area contributed by atoms with Crippen molar-refractivity contribution < 1.29 is 4.42 Å². The molecule has 1 unspecified atom stereocenters. The van der Waals surface area contributed by atoms with Gasteiger partial charge < -0.3 is 14.7 Å². The van der Waals surface area contributed by atoms with Gasteiger partial charge in [-0.1, -0.05) is 11.8 Å². The Morgan fingerprint density at radius 1 is 1.32 bits per heavy atom. The number of thioether (sulfide) groups is 1. The molecule has 3 rings (SSSR count). The molecule has 22 heavy (non-hydrogen) atoms. The van der Waals surface area contributed by atoms with Crippen LogP contribution in [0.1, 0.15) is 36.0 Å². The SMILES string of the molecule is Cc1[nH]c(=O)[nH]c(=O)c1CSc1nnc(C2CCCN2)o1.Cl.